The third-order valence-corrected chi connectivity index (χ3v) is 2.33. The number of aliphatic hydroxyl groups is 1. The van der Waals surface area contributed by atoms with Crippen LogP contribution in [0, 0.1) is 0 Å². The maximum atomic E-state index is 9.75. The van der Waals surface area contributed by atoms with Gasteiger partial charge < -0.3 is 9.84 Å². The van der Waals surface area contributed by atoms with Crippen molar-refractivity contribution < 1.29 is 9.84 Å². The highest BCUT2D eigenvalue weighted by molar-refractivity contribution is 5.30. The quantitative estimate of drug-likeness (QED) is 0.753. The van der Waals surface area contributed by atoms with E-state index in [9.17, 15) is 5.11 Å². The molecule has 0 aliphatic heterocycles. The summed E-state index contributed by atoms with van der Waals surface area (Å²) in [5, 5.41) is 9.75. The molecule has 0 heterocycles. The molecule has 0 bridgehead atoms. The lowest BCUT2D eigenvalue weighted by molar-refractivity contribution is 0.0785. The molecule has 1 N–H and O–H groups in total. The summed E-state index contributed by atoms with van der Waals surface area (Å²) in [7, 11) is 0. The van der Waals surface area contributed by atoms with E-state index in [0.717, 1.165) is 30.8 Å². The lowest BCUT2D eigenvalue weighted by atomic mass is 9.99. The van der Waals surface area contributed by atoms with Crippen LogP contribution in [-0.4, -0.2) is 11.7 Å². The molecule has 0 unspecified atom stereocenters. The second-order valence-electron chi connectivity index (χ2n) is 4.29. The largest absolute Gasteiger partial charge is 0.494 e. The van der Waals surface area contributed by atoms with Crippen LogP contribution >= 0.6 is 0 Å². The summed E-state index contributed by atoms with van der Waals surface area (Å²) in [6, 6.07) is 7.62. The Morgan fingerprint density at radius 2 is 1.80 bits per heavy atom. The molecule has 0 atom stereocenters. The van der Waals surface area contributed by atoms with Crippen molar-refractivity contribution in [3.63, 3.8) is 0 Å². The Hall–Kier alpha value is -1.02. The zero-order valence-electron chi connectivity index (χ0n) is 9.79. The fourth-order valence-corrected chi connectivity index (χ4v) is 1.29. The minimum absolute atomic E-state index is 0.762. The minimum atomic E-state index is -0.776. The first-order valence-corrected chi connectivity index (χ1v) is 5.49. The third kappa shape index (κ3) is 3.92. The first kappa shape index (κ1) is 12.1. The number of unbranched alkanes of at least 4 members (excludes halogenated alkanes) is 1. The number of hydrogen-bond donors (Lipinski definition) is 1. The monoisotopic (exact) mass is 208 g/mol. The van der Waals surface area contributed by atoms with Crippen LogP contribution in [0.15, 0.2) is 24.3 Å². The van der Waals surface area contributed by atoms with E-state index in [1.807, 2.05) is 24.3 Å². The molecular formula is C13H20O2. The van der Waals surface area contributed by atoms with Gasteiger partial charge >= 0.3 is 0 Å². The summed E-state index contributed by atoms with van der Waals surface area (Å²) in [5.41, 5.74) is 0.132. The average molecular weight is 208 g/mol. The van der Waals surface area contributed by atoms with Gasteiger partial charge in [0.2, 0.25) is 0 Å². The van der Waals surface area contributed by atoms with Gasteiger partial charge in [-0.1, -0.05) is 25.5 Å². The first-order valence-electron chi connectivity index (χ1n) is 5.49. The van der Waals surface area contributed by atoms with E-state index >= 15 is 0 Å². The Bertz CT molecular complexity index is 282. The summed E-state index contributed by atoms with van der Waals surface area (Å²) in [4.78, 5) is 0. The summed E-state index contributed by atoms with van der Waals surface area (Å²) < 4.78 is 5.53. The Morgan fingerprint density at radius 1 is 1.20 bits per heavy atom. The Labute approximate surface area is 91.9 Å². The number of hydrogen-bond acceptors (Lipinski definition) is 2. The van der Waals surface area contributed by atoms with E-state index in [1.54, 1.807) is 13.8 Å². The van der Waals surface area contributed by atoms with E-state index in [2.05, 4.69) is 6.92 Å². The number of benzene rings is 1. The van der Waals surface area contributed by atoms with Crippen LogP contribution in [0.2, 0.25) is 0 Å². The molecule has 0 radical (unpaired) electrons. The normalized spacial score (nSPS) is 11.5. The highest BCUT2D eigenvalue weighted by Crippen LogP contribution is 2.22. The van der Waals surface area contributed by atoms with E-state index in [1.165, 1.54) is 0 Å². The average Bonchev–Trinajstić information content (AvgIpc) is 2.18. The van der Waals surface area contributed by atoms with Crippen molar-refractivity contribution in [2.45, 2.75) is 39.2 Å². The second kappa shape index (κ2) is 5.17. The molecule has 0 saturated heterocycles. The van der Waals surface area contributed by atoms with Crippen molar-refractivity contribution in [2.75, 3.05) is 6.61 Å². The van der Waals surface area contributed by atoms with Crippen molar-refractivity contribution in [1.29, 1.82) is 0 Å². The van der Waals surface area contributed by atoms with Gasteiger partial charge in [0.05, 0.1) is 12.2 Å². The Kier molecular flexibility index (Phi) is 4.15. The molecule has 0 aliphatic carbocycles. The van der Waals surface area contributed by atoms with Gasteiger partial charge in [-0.25, -0.2) is 0 Å². The van der Waals surface area contributed by atoms with Gasteiger partial charge in [0.25, 0.3) is 0 Å². The summed E-state index contributed by atoms with van der Waals surface area (Å²) in [6.45, 7) is 6.46. The lowest BCUT2D eigenvalue weighted by Gasteiger charge is -2.17. The first-order chi connectivity index (χ1) is 7.04. The van der Waals surface area contributed by atoms with Gasteiger partial charge in [-0.15, -0.1) is 0 Å². The fraction of sp³-hybridized carbons (Fsp3) is 0.538. The molecular weight excluding hydrogens is 188 g/mol. The molecule has 0 aromatic heterocycles. The number of ether oxygens (including phenoxy) is 1. The Balaban J connectivity index is 2.57. The van der Waals surface area contributed by atoms with Crippen LogP contribution in [0.1, 0.15) is 39.2 Å². The summed E-state index contributed by atoms with van der Waals surface area (Å²) in [5.74, 6) is 0.872. The van der Waals surface area contributed by atoms with Crippen LogP contribution in [0.25, 0.3) is 0 Å². The third-order valence-electron chi connectivity index (χ3n) is 2.33. The van der Waals surface area contributed by atoms with Gasteiger partial charge in [0, 0.05) is 0 Å². The smallest absolute Gasteiger partial charge is 0.119 e. The molecule has 0 saturated carbocycles. The van der Waals surface area contributed by atoms with E-state index in [4.69, 9.17) is 4.74 Å². The topological polar surface area (TPSA) is 29.5 Å². The van der Waals surface area contributed by atoms with Crippen molar-refractivity contribution in [1.82, 2.24) is 0 Å². The summed E-state index contributed by atoms with van der Waals surface area (Å²) in [6.07, 6.45) is 2.22. The molecule has 0 fully saturated rings. The van der Waals surface area contributed by atoms with Crippen LogP contribution in [-0.2, 0) is 5.60 Å². The van der Waals surface area contributed by atoms with Gasteiger partial charge in [0.1, 0.15) is 5.75 Å². The minimum Gasteiger partial charge on any atom is -0.494 e. The van der Waals surface area contributed by atoms with Gasteiger partial charge in [-0.05, 0) is 38.0 Å². The SMILES string of the molecule is CCCCOc1ccc(C(C)(C)O)cc1. The molecule has 0 aliphatic rings. The second-order valence-corrected chi connectivity index (χ2v) is 4.29. The van der Waals surface area contributed by atoms with Crippen LogP contribution in [0.4, 0.5) is 0 Å². The molecule has 1 rings (SSSR count). The highest BCUT2D eigenvalue weighted by atomic mass is 16.5. The van der Waals surface area contributed by atoms with Gasteiger partial charge in [0.15, 0.2) is 0 Å². The van der Waals surface area contributed by atoms with Gasteiger partial charge in [-0.3, -0.25) is 0 Å². The van der Waals surface area contributed by atoms with Crippen LogP contribution < -0.4 is 4.74 Å². The molecule has 2 heteroatoms. The predicted octanol–water partition coefficient (Wildman–Crippen LogP) is 3.09. The molecule has 15 heavy (non-hydrogen) atoms. The fourth-order valence-electron chi connectivity index (χ4n) is 1.29. The van der Waals surface area contributed by atoms with E-state index in [-0.39, 0.29) is 0 Å². The molecule has 84 valence electrons. The zero-order chi connectivity index (χ0) is 11.3. The van der Waals surface area contributed by atoms with Crippen molar-refractivity contribution in [2.24, 2.45) is 0 Å². The molecule has 1 aromatic carbocycles. The maximum Gasteiger partial charge on any atom is 0.119 e. The Morgan fingerprint density at radius 3 is 2.27 bits per heavy atom. The van der Waals surface area contributed by atoms with E-state index in [0.29, 0.717) is 0 Å². The molecule has 2 nitrogen and oxygen atoms in total. The van der Waals surface area contributed by atoms with Crippen molar-refractivity contribution >= 4 is 0 Å². The number of rotatable bonds is 5. The van der Waals surface area contributed by atoms with E-state index < -0.39 is 5.60 Å². The standard InChI is InChI=1S/C13H20O2/c1-4-5-10-15-12-8-6-11(7-9-12)13(2,3)14/h6-9,14H,4-5,10H2,1-3H3. The highest BCUT2D eigenvalue weighted by Gasteiger charge is 2.14. The predicted molar refractivity (Wildman–Crippen MR) is 62.1 cm³/mol. The molecule has 0 amide bonds. The van der Waals surface area contributed by atoms with Gasteiger partial charge in [-0.2, -0.15) is 0 Å². The molecule has 0 spiro atoms. The zero-order valence-corrected chi connectivity index (χ0v) is 9.79. The lowest BCUT2D eigenvalue weighted by Crippen LogP contribution is -2.14. The van der Waals surface area contributed by atoms with Crippen molar-refractivity contribution in [3.8, 4) is 5.75 Å². The van der Waals surface area contributed by atoms with Crippen LogP contribution in [0.5, 0.6) is 5.75 Å². The van der Waals surface area contributed by atoms with Crippen molar-refractivity contribution in [3.05, 3.63) is 29.8 Å². The maximum absolute atomic E-state index is 9.75. The summed E-state index contributed by atoms with van der Waals surface area (Å²) >= 11 is 0. The molecule has 1 aromatic rings. The van der Waals surface area contributed by atoms with Crippen LogP contribution in [0.3, 0.4) is 0 Å².